The van der Waals surface area contributed by atoms with Crippen molar-refractivity contribution < 1.29 is 0 Å². The fourth-order valence-corrected chi connectivity index (χ4v) is 2.73. The Hall–Kier alpha value is -1.38. The quantitative estimate of drug-likeness (QED) is 0.533. The minimum absolute atomic E-state index is 0.768. The molecule has 0 aromatic heterocycles. The van der Waals surface area contributed by atoms with Crippen LogP contribution in [0.2, 0.25) is 0 Å². The number of hydrogen-bond donors (Lipinski definition) is 0. The van der Waals surface area contributed by atoms with E-state index >= 15 is 0 Å². The van der Waals surface area contributed by atoms with Crippen molar-refractivity contribution in [2.75, 3.05) is 0 Å². The first-order valence-corrected chi connectivity index (χ1v) is 7.77. The minimum atomic E-state index is 0.768. The molecule has 0 aliphatic rings. The third-order valence-corrected chi connectivity index (χ3v) is 4.30. The lowest BCUT2D eigenvalue weighted by molar-refractivity contribution is 0.794. The van der Waals surface area contributed by atoms with Gasteiger partial charge in [0, 0.05) is 0 Å². The predicted molar refractivity (Wildman–Crippen MR) is 94.9 cm³/mol. The number of hydrogen-bond acceptors (Lipinski definition) is 2. The smallest absolute Gasteiger partial charge is 0.0638 e. The highest BCUT2D eigenvalue weighted by molar-refractivity contribution is 7.90. The molecule has 102 valence electrons. The molecule has 0 aliphatic carbocycles. The summed E-state index contributed by atoms with van der Waals surface area (Å²) in [5.41, 5.74) is 3.44. The average Bonchev–Trinajstić information content (AvgIpc) is 2.52. The molecule has 0 spiro atoms. The molecular formula is C18H18S2. The second-order valence-corrected chi connectivity index (χ2v) is 5.60. The third kappa shape index (κ3) is 3.59. The van der Waals surface area contributed by atoms with Crippen LogP contribution in [0.5, 0.6) is 0 Å². The van der Waals surface area contributed by atoms with Crippen molar-refractivity contribution in [1.82, 2.24) is 0 Å². The Kier molecular flexibility index (Phi) is 5.57. The van der Waals surface area contributed by atoms with Crippen molar-refractivity contribution in [3.05, 3.63) is 71.3 Å². The van der Waals surface area contributed by atoms with Crippen molar-refractivity contribution in [3.63, 3.8) is 0 Å². The molecule has 2 aromatic rings. The largest absolute Gasteiger partial charge is 0.0778 e. The zero-order valence-corrected chi connectivity index (χ0v) is 13.3. The molecule has 0 unspecified atom stereocenters. The van der Waals surface area contributed by atoms with Crippen LogP contribution in [0.4, 0.5) is 0 Å². The molecule has 0 bridgehead atoms. The lowest BCUT2D eigenvalue weighted by atomic mass is 9.96. The van der Waals surface area contributed by atoms with Gasteiger partial charge in [-0.2, -0.15) is 0 Å². The monoisotopic (exact) mass is 298 g/mol. The molecule has 0 fully saturated rings. The number of rotatable bonds is 6. The van der Waals surface area contributed by atoms with Gasteiger partial charge in [0.1, 0.15) is 0 Å². The van der Waals surface area contributed by atoms with E-state index in [1.807, 2.05) is 36.4 Å². The molecule has 0 heterocycles. The second kappa shape index (κ2) is 7.41. The van der Waals surface area contributed by atoms with Gasteiger partial charge in [-0.25, -0.2) is 0 Å². The van der Waals surface area contributed by atoms with Crippen LogP contribution in [0.25, 0.3) is 0 Å². The standard InChI is InChI=1S/C18H18S2/c1-2-3-9-14-10-7-8-13-16(14)18(20)17(19)15-11-5-4-6-12-15/h4-8,10-13H,2-3,9H2,1H3. The predicted octanol–water partition coefficient (Wildman–Crippen LogP) is 5.17. The molecule has 2 heteroatoms. The zero-order valence-electron chi connectivity index (χ0n) is 11.6. The highest BCUT2D eigenvalue weighted by atomic mass is 32.1. The van der Waals surface area contributed by atoms with Crippen LogP contribution >= 0.6 is 24.4 Å². The summed E-state index contributed by atoms with van der Waals surface area (Å²) in [7, 11) is 0. The molecule has 0 aliphatic heterocycles. The van der Waals surface area contributed by atoms with Gasteiger partial charge in [-0.3, -0.25) is 0 Å². The van der Waals surface area contributed by atoms with Crippen molar-refractivity contribution >= 4 is 34.2 Å². The number of unbranched alkanes of at least 4 members (excludes halogenated alkanes) is 1. The van der Waals surface area contributed by atoms with Crippen molar-refractivity contribution in [2.24, 2.45) is 0 Å². The van der Waals surface area contributed by atoms with Gasteiger partial charge in [0.05, 0.1) is 9.73 Å². The van der Waals surface area contributed by atoms with Crippen LogP contribution in [0.1, 0.15) is 36.5 Å². The summed E-state index contributed by atoms with van der Waals surface area (Å²) >= 11 is 11.2. The second-order valence-electron chi connectivity index (χ2n) is 4.78. The number of aryl methyl sites for hydroxylation is 1. The highest BCUT2D eigenvalue weighted by Gasteiger charge is 2.12. The normalized spacial score (nSPS) is 10.2. The fourth-order valence-electron chi connectivity index (χ4n) is 2.17. The Morgan fingerprint density at radius 2 is 1.50 bits per heavy atom. The van der Waals surface area contributed by atoms with Crippen molar-refractivity contribution in [2.45, 2.75) is 26.2 Å². The van der Waals surface area contributed by atoms with Crippen molar-refractivity contribution in [1.29, 1.82) is 0 Å². The van der Waals surface area contributed by atoms with Gasteiger partial charge in [0.25, 0.3) is 0 Å². The van der Waals surface area contributed by atoms with E-state index in [1.54, 1.807) is 0 Å². The van der Waals surface area contributed by atoms with Gasteiger partial charge >= 0.3 is 0 Å². The van der Waals surface area contributed by atoms with E-state index in [0.717, 1.165) is 27.3 Å². The topological polar surface area (TPSA) is 0 Å². The zero-order chi connectivity index (χ0) is 14.4. The number of benzene rings is 2. The van der Waals surface area contributed by atoms with E-state index in [9.17, 15) is 0 Å². The summed E-state index contributed by atoms with van der Waals surface area (Å²) in [5.74, 6) is 0. The average molecular weight is 298 g/mol. The van der Waals surface area contributed by atoms with Crippen molar-refractivity contribution in [3.8, 4) is 0 Å². The molecule has 0 saturated carbocycles. The molecule has 0 atom stereocenters. The first kappa shape index (κ1) is 15.0. The summed E-state index contributed by atoms with van der Waals surface area (Å²) in [6.07, 6.45) is 3.42. The maximum absolute atomic E-state index is 5.62. The Balaban J connectivity index is 2.27. The van der Waals surface area contributed by atoms with Gasteiger partial charge in [-0.15, -0.1) is 0 Å². The molecule has 2 aromatic carbocycles. The molecule has 0 radical (unpaired) electrons. The lowest BCUT2D eigenvalue weighted by Gasteiger charge is -2.11. The molecular weight excluding hydrogens is 280 g/mol. The Labute approximate surface area is 131 Å². The molecule has 2 rings (SSSR count). The Bertz CT molecular complexity index is 600. The fraction of sp³-hybridized carbons (Fsp3) is 0.222. The first-order valence-electron chi connectivity index (χ1n) is 6.96. The maximum Gasteiger partial charge on any atom is 0.0638 e. The first-order chi connectivity index (χ1) is 9.74. The Morgan fingerprint density at radius 3 is 2.20 bits per heavy atom. The van der Waals surface area contributed by atoms with E-state index in [2.05, 4.69) is 25.1 Å². The lowest BCUT2D eigenvalue weighted by Crippen LogP contribution is -2.14. The van der Waals surface area contributed by atoms with Crippen LogP contribution < -0.4 is 0 Å². The van der Waals surface area contributed by atoms with Crippen LogP contribution in [0.3, 0.4) is 0 Å². The molecule has 0 saturated heterocycles. The molecule has 0 N–H and O–H groups in total. The van der Waals surface area contributed by atoms with E-state index in [0.29, 0.717) is 0 Å². The minimum Gasteiger partial charge on any atom is -0.0778 e. The van der Waals surface area contributed by atoms with Gasteiger partial charge in [0.15, 0.2) is 0 Å². The van der Waals surface area contributed by atoms with Crippen LogP contribution in [0, 0.1) is 0 Å². The van der Waals surface area contributed by atoms with Crippen LogP contribution in [-0.2, 0) is 6.42 Å². The van der Waals surface area contributed by atoms with Gasteiger partial charge < -0.3 is 0 Å². The van der Waals surface area contributed by atoms with Gasteiger partial charge in [0.2, 0.25) is 0 Å². The Morgan fingerprint density at radius 1 is 0.850 bits per heavy atom. The molecule has 0 nitrogen and oxygen atoms in total. The van der Waals surface area contributed by atoms with Gasteiger partial charge in [-0.1, -0.05) is 92.4 Å². The van der Waals surface area contributed by atoms with Gasteiger partial charge in [-0.05, 0) is 29.5 Å². The summed E-state index contributed by atoms with van der Waals surface area (Å²) < 4.78 is 0. The van der Waals surface area contributed by atoms with E-state index < -0.39 is 0 Å². The van der Waals surface area contributed by atoms with Crippen LogP contribution in [0.15, 0.2) is 54.6 Å². The number of thiocarbonyl (C=S) groups is 2. The summed E-state index contributed by atoms with van der Waals surface area (Å²) in [6, 6.07) is 18.4. The van der Waals surface area contributed by atoms with E-state index in [-0.39, 0.29) is 0 Å². The molecule has 20 heavy (non-hydrogen) atoms. The van der Waals surface area contributed by atoms with E-state index in [1.165, 1.54) is 18.4 Å². The van der Waals surface area contributed by atoms with E-state index in [4.69, 9.17) is 24.4 Å². The molecule has 0 amide bonds. The highest BCUT2D eigenvalue weighted by Crippen LogP contribution is 2.17. The summed E-state index contributed by atoms with van der Waals surface area (Å²) in [6.45, 7) is 2.20. The SMILES string of the molecule is CCCCc1ccccc1C(=S)C(=S)c1ccccc1. The van der Waals surface area contributed by atoms with Crippen LogP contribution in [-0.4, -0.2) is 9.73 Å². The maximum atomic E-state index is 5.62. The summed E-state index contributed by atoms with van der Waals surface area (Å²) in [5, 5.41) is 0. The third-order valence-electron chi connectivity index (χ3n) is 3.30. The summed E-state index contributed by atoms with van der Waals surface area (Å²) in [4.78, 5) is 1.56.